The molecule has 0 radical (unpaired) electrons. The number of hydrogen-bond acceptors (Lipinski definition) is 2. The number of rotatable bonds is 4. The largest absolute Gasteiger partial charge is 0.497 e. The van der Waals surface area contributed by atoms with Gasteiger partial charge in [0.2, 0.25) is 0 Å². The van der Waals surface area contributed by atoms with E-state index in [9.17, 15) is 0 Å². The summed E-state index contributed by atoms with van der Waals surface area (Å²) < 4.78 is 10.2. The first-order valence-corrected chi connectivity index (χ1v) is 4.56. The second-order valence-corrected chi connectivity index (χ2v) is 2.97. The summed E-state index contributed by atoms with van der Waals surface area (Å²) in [5.74, 6) is 1.34. The fourth-order valence-electron chi connectivity index (χ4n) is 1.15. The molecule has 0 aliphatic rings. The minimum Gasteiger partial charge on any atom is -0.497 e. The maximum absolute atomic E-state index is 5.77. The Morgan fingerprint density at radius 1 is 1.23 bits per heavy atom. The van der Waals surface area contributed by atoms with Crippen molar-refractivity contribution >= 4 is 11.6 Å². The molecule has 0 atom stereocenters. The van der Waals surface area contributed by atoms with E-state index in [0.717, 1.165) is 16.9 Å². The Kier molecular flexibility index (Phi) is 4.06. The van der Waals surface area contributed by atoms with Gasteiger partial charge < -0.3 is 9.47 Å². The molecule has 1 aromatic carbocycles. The van der Waals surface area contributed by atoms with Crippen LogP contribution in [0.3, 0.4) is 0 Å². The molecule has 0 N–H and O–H groups in total. The van der Waals surface area contributed by atoms with E-state index < -0.39 is 0 Å². The predicted octanol–water partition coefficient (Wildman–Crippen LogP) is 2.58. The molecule has 0 bridgehead atoms. The maximum Gasteiger partial charge on any atom is 0.119 e. The summed E-state index contributed by atoms with van der Waals surface area (Å²) in [6, 6.07) is 5.80. The van der Waals surface area contributed by atoms with Crippen LogP contribution < -0.4 is 4.74 Å². The molecule has 2 nitrogen and oxygen atoms in total. The lowest BCUT2D eigenvalue weighted by Crippen LogP contribution is -1.95. The summed E-state index contributed by atoms with van der Waals surface area (Å²) in [5.41, 5.74) is 2.17. The summed E-state index contributed by atoms with van der Waals surface area (Å²) in [4.78, 5) is 0. The van der Waals surface area contributed by atoms with Gasteiger partial charge in [0.25, 0.3) is 0 Å². The van der Waals surface area contributed by atoms with Gasteiger partial charge in [-0.3, -0.25) is 0 Å². The minimum absolute atomic E-state index is 0.503. The third kappa shape index (κ3) is 2.61. The highest BCUT2D eigenvalue weighted by atomic mass is 35.5. The molecule has 0 heterocycles. The first-order valence-electron chi connectivity index (χ1n) is 4.02. The van der Waals surface area contributed by atoms with Gasteiger partial charge in [0.1, 0.15) is 5.75 Å². The first kappa shape index (κ1) is 10.4. The van der Waals surface area contributed by atoms with E-state index in [1.54, 1.807) is 14.2 Å². The van der Waals surface area contributed by atoms with Gasteiger partial charge in [-0.05, 0) is 23.3 Å². The summed E-state index contributed by atoms with van der Waals surface area (Å²) in [5, 5.41) is 0. The van der Waals surface area contributed by atoms with Crippen LogP contribution >= 0.6 is 11.6 Å². The summed E-state index contributed by atoms with van der Waals surface area (Å²) >= 11 is 5.77. The van der Waals surface area contributed by atoms with Crippen molar-refractivity contribution in [3.8, 4) is 5.75 Å². The molecule has 0 aliphatic carbocycles. The molecule has 1 aromatic rings. The zero-order valence-electron chi connectivity index (χ0n) is 7.84. The van der Waals surface area contributed by atoms with Crippen LogP contribution in [0.1, 0.15) is 11.1 Å². The van der Waals surface area contributed by atoms with Gasteiger partial charge in [-0.2, -0.15) is 0 Å². The topological polar surface area (TPSA) is 18.5 Å². The van der Waals surface area contributed by atoms with Crippen molar-refractivity contribution < 1.29 is 9.47 Å². The monoisotopic (exact) mass is 200 g/mol. The molecule has 72 valence electrons. The molecule has 0 aromatic heterocycles. The van der Waals surface area contributed by atoms with E-state index in [-0.39, 0.29) is 0 Å². The van der Waals surface area contributed by atoms with Crippen molar-refractivity contribution in [1.82, 2.24) is 0 Å². The van der Waals surface area contributed by atoms with Crippen molar-refractivity contribution in [3.05, 3.63) is 29.3 Å². The second-order valence-electron chi connectivity index (χ2n) is 2.70. The van der Waals surface area contributed by atoms with Gasteiger partial charge in [-0.25, -0.2) is 0 Å². The third-order valence-electron chi connectivity index (χ3n) is 1.86. The van der Waals surface area contributed by atoms with Crippen molar-refractivity contribution in [3.63, 3.8) is 0 Å². The van der Waals surface area contributed by atoms with Crippen LogP contribution in [0.4, 0.5) is 0 Å². The van der Waals surface area contributed by atoms with Crippen LogP contribution in [0.15, 0.2) is 18.2 Å². The molecule has 0 unspecified atom stereocenters. The molecule has 0 spiro atoms. The molecular weight excluding hydrogens is 188 g/mol. The summed E-state index contributed by atoms with van der Waals surface area (Å²) in [6.07, 6.45) is 0. The Morgan fingerprint density at radius 3 is 2.54 bits per heavy atom. The van der Waals surface area contributed by atoms with Gasteiger partial charge >= 0.3 is 0 Å². The molecule has 0 aliphatic heterocycles. The number of benzene rings is 1. The molecule has 1 rings (SSSR count). The van der Waals surface area contributed by atoms with Crippen LogP contribution in [-0.2, 0) is 17.2 Å². The average molecular weight is 201 g/mol. The zero-order chi connectivity index (χ0) is 9.68. The fraction of sp³-hybridized carbons (Fsp3) is 0.400. The smallest absolute Gasteiger partial charge is 0.119 e. The van der Waals surface area contributed by atoms with E-state index in [2.05, 4.69) is 0 Å². The van der Waals surface area contributed by atoms with Gasteiger partial charge in [-0.15, -0.1) is 11.6 Å². The summed E-state index contributed by atoms with van der Waals surface area (Å²) in [7, 11) is 3.31. The number of alkyl halides is 1. The molecule has 0 fully saturated rings. The van der Waals surface area contributed by atoms with Crippen molar-refractivity contribution in [1.29, 1.82) is 0 Å². The number of halogens is 1. The SMILES string of the molecule is COCc1cc(OC)ccc1CCl. The molecule has 0 saturated heterocycles. The molecule has 0 amide bonds. The highest BCUT2D eigenvalue weighted by molar-refractivity contribution is 6.17. The quantitative estimate of drug-likeness (QED) is 0.696. The predicted molar refractivity (Wildman–Crippen MR) is 53.3 cm³/mol. The van der Waals surface area contributed by atoms with Crippen LogP contribution in [0.2, 0.25) is 0 Å². The van der Waals surface area contributed by atoms with Crippen LogP contribution in [0.25, 0.3) is 0 Å². The normalized spacial score (nSPS) is 10.1. The number of methoxy groups -OCH3 is 2. The van der Waals surface area contributed by atoms with E-state index in [4.69, 9.17) is 21.1 Å². The van der Waals surface area contributed by atoms with Crippen LogP contribution in [0.5, 0.6) is 5.75 Å². The van der Waals surface area contributed by atoms with Gasteiger partial charge in [0, 0.05) is 13.0 Å². The minimum atomic E-state index is 0.503. The molecule has 3 heteroatoms. The number of hydrogen-bond donors (Lipinski definition) is 0. The number of ether oxygens (including phenoxy) is 2. The van der Waals surface area contributed by atoms with Crippen LogP contribution in [0, 0.1) is 0 Å². The Balaban J connectivity index is 2.95. The van der Waals surface area contributed by atoms with Gasteiger partial charge in [-0.1, -0.05) is 6.07 Å². The third-order valence-corrected chi connectivity index (χ3v) is 2.15. The van der Waals surface area contributed by atoms with Crippen molar-refractivity contribution in [2.75, 3.05) is 14.2 Å². The Labute approximate surface area is 83.4 Å². The Morgan fingerprint density at radius 2 is 2.00 bits per heavy atom. The van der Waals surface area contributed by atoms with Crippen molar-refractivity contribution in [2.45, 2.75) is 12.5 Å². The average Bonchev–Trinajstić information content (AvgIpc) is 2.18. The molecular formula is C10H13ClO2. The lowest BCUT2D eigenvalue weighted by atomic mass is 10.1. The van der Waals surface area contributed by atoms with Gasteiger partial charge in [0.05, 0.1) is 13.7 Å². The first-order chi connectivity index (χ1) is 6.31. The van der Waals surface area contributed by atoms with Gasteiger partial charge in [0.15, 0.2) is 0 Å². The highest BCUT2D eigenvalue weighted by Crippen LogP contribution is 2.19. The molecule has 13 heavy (non-hydrogen) atoms. The lowest BCUT2D eigenvalue weighted by Gasteiger charge is -2.08. The maximum atomic E-state index is 5.77. The van der Waals surface area contributed by atoms with Crippen molar-refractivity contribution in [2.24, 2.45) is 0 Å². The fourth-order valence-corrected chi connectivity index (χ4v) is 1.41. The van der Waals surface area contributed by atoms with E-state index >= 15 is 0 Å². The van der Waals surface area contributed by atoms with Crippen LogP contribution in [-0.4, -0.2) is 14.2 Å². The Bertz CT molecular complexity index is 274. The second kappa shape index (κ2) is 5.10. The highest BCUT2D eigenvalue weighted by Gasteiger charge is 2.02. The van der Waals surface area contributed by atoms with E-state index in [0.29, 0.717) is 12.5 Å². The molecule has 0 saturated carbocycles. The Hall–Kier alpha value is -0.730. The standard InChI is InChI=1S/C10H13ClO2/c1-12-7-9-5-10(13-2)4-3-8(9)6-11/h3-5H,6-7H2,1-2H3. The van der Waals surface area contributed by atoms with E-state index in [1.807, 2.05) is 18.2 Å². The zero-order valence-corrected chi connectivity index (χ0v) is 8.60. The summed E-state index contributed by atoms with van der Waals surface area (Å²) in [6.45, 7) is 0.569. The van der Waals surface area contributed by atoms with E-state index in [1.165, 1.54) is 0 Å². The lowest BCUT2D eigenvalue weighted by molar-refractivity contribution is 0.184.